The number of carboxylic acids is 1. The van der Waals surface area contributed by atoms with Crippen molar-refractivity contribution in [3.63, 3.8) is 0 Å². The summed E-state index contributed by atoms with van der Waals surface area (Å²) >= 11 is 0. The van der Waals surface area contributed by atoms with Crippen LogP contribution in [-0.2, 0) is 20.5 Å². The molecule has 5 atom stereocenters. The number of halogens is 3. The molecule has 4 unspecified atom stereocenters. The third-order valence-corrected chi connectivity index (χ3v) is 7.58. The summed E-state index contributed by atoms with van der Waals surface area (Å²) in [6.45, 7) is 6.99. The Morgan fingerprint density at radius 2 is 1.94 bits per heavy atom. The molecule has 3 aliphatic carbocycles. The number of alkyl halides is 3. The Kier molecular flexibility index (Phi) is 5.62. The van der Waals surface area contributed by atoms with Gasteiger partial charge < -0.3 is 24.6 Å². The third kappa shape index (κ3) is 3.82. The van der Waals surface area contributed by atoms with E-state index in [-0.39, 0.29) is 24.8 Å². The van der Waals surface area contributed by atoms with E-state index in [2.05, 4.69) is 26.8 Å². The SMILES string of the molecule is CC1(C)C2CC3OB([C@@H](N)Cc4coc5ccccc45)OC3(C)C1C2.O=C(O)C(F)(F)F. The van der Waals surface area contributed by atoms with E-state index in [9.17, 15) is 13.2 Å². The van der Waals surface area contributed by atoms with Crippen molar-refractivity contribution < 1.29 is 36.8 Å². The van der Waals surface area contributed by atoms with Gasteiger partial charge in [-0.05, 0) is 55.1 Å². The molecule has 6 rings (SSSR count). The van der Waals surface area contributed by atoms with Crippen LogP contribution < -0.4 is 5.73 Å². The van der Waals surface area contributed by atoms with Crippen LogP contribution in [0.4, 0.5) is 13.2 Å². The summed E-state index contributed by atoms with van der Waals surface area (Å²) in [6, 6.07) is 8.08. The van der Waals surface area contributed by atoms with Crippen LogP contribution in [0.3, 0.4) is 0 Å². The van der Waals surface area contributed by atoms with Crippen LogP contribution in [0, 0.1) is 17.3 Å². The molecule has 1 aliphatic heterocycles. The van der Waals surface area contributed by atoms with Crippen LogP contribution in [0.1, 0.15) is 39.2 Å². The molecule has 2 aromatic rings. The first-order valence-corrected chi connectivity index (χ1v) is 10.7. The van der Waals surface area contributed by atoms with Gasteiger partial charge in [0.25, 0.3) is 0 Å². The molecule has 6 nitrogen and oxygen atoms in total. The highest BCUT2D eigenvalue weighted by atomic mass is 19.4. The van der Waals surface area contributed by atoms with Crippen molar-refractivity contribution in [3.05, 3.63) is 36.1 Å². The summed E-state index contributed by atoms with van der Waals surface area (Å²) in [6.07, 6.45) is -0.0346. The summed E-state index contributed by atoms with van der Waals surface area (Å²) in [5.74, 6) is -1.63. The van der Waals surface area contributed by atoms with Crippen molar-refractivity contribution in [3.8, 4) is 0 Å². The number of fused-ring (bicyclic) bond motifs is 1. The molecule has 1 aromatic carbocycles. The Balaban J connectivity index is 0.000000307. The molecule has 4 fully saturated rings. The number of aliphatic carboxylic acids is 1. The maximum atomic E-state index is 10.6. The Labute approximate surface area is 184 Å². The van der Waals surface area contributed by atoms with Gasteiger partial charge in [-0.1, -0.05) is 32.0 Å². The molecular formula is C22H27BF3NO5. The zero-order valence-corrected chi connectivity index (χ0v) is 18.2. The van der Waals surface area contributed by atoms with Gasteiger partial charge >= 0.3 is 19.3 Å². The standard InChI is InChI=1S/C20H26BNO3.C2HF3O2/c1-19(2)13-9-16(19)20(3)17(10-13)24-21(25-20)18(22)8-12-11-23-15-7-5-4-6-14(12)15;3-2(4,5)1(6)7/h4-7,11,13,16-18H,8-10,22H2,1-3H3;(H,6,7)/t13?,16?,17?,18-,20?;/m0./s1. The third-order valence-electron chi connectivity index (χ3n) is 7.58. The van der Waals surface area contributed by atoms with Gasteiger partial charge in [0.05, 0.1) is 18.0 Å². The fourth-order valence-corrected chi connectivity index (χ4v) is 5.62. The molecule has 174 valence electrons. The molecule has 1 aromatic heterocycles. The Hall–Kier alpha value is -2.04. The van der Waals surface area contributed by atoms with Crippen molar-refractivity contribution in [2.45, 2.75) is 63.9 Å². The van der Waals surface area contributed by atoms with E-state index < -0.39 is 12.1 Å². The topological polar surface area (TPSA) is 94.9 Å². The van der Waals surface area contributed by atoms with Gasteiger partial charge in [0.15, 0.2) is 0 Å². The lowest BCUT2D eigenvalue weighted by Gasteiger charge is -2.64. The second kappa shape index (κ2) is 7.78. The molecule has 4 aliphatic rings. The number of hydrogen-bond donors (Lipinski definition) is 2. The number of carboxylic acid groups (broad SMARTS) is 1. The highest BCUT2D eigenvalue weighted by Gasteiger charge is 2.68. The summed E-state index contributed by atoms with van der Waals surface area (Å²) in [4.78, 5) is 8.90. The predicted molar refractivity (Wildman–Crippen MR) is 112 cm³/mol. The fraction of sp³-hybridized carbons (Fsp3) is 0.591. The molecule has 1 saturated heterocycles. The first-order valence-electron chi connectivity index (χ1n) is 10.7. The first kappa shape index (κ1) is 23.1. The first-order chi connectivity index (χ1) is 14.8. The second-order valence-electron chi connectivity index (χ2n) is 9.77. The van der Waals surface area contributed by atoms with Crippen molar-refractivity contribution in [1.29, 1.82) is 0 Å². The molecule has 0 amide bonds. The molecule has 3 saturated carbocycles. The smallest absolute Gasteiger partial charge is 0.475 e. The van der Waals surface area contributed by atoms with Crippen molar-refractivity contribution in [2.75, 3.05) is 0 Å². The Bertz CT molecular complexity index is 1010. The van der Waals surface area contributed by atoms with Gasteiger partial charge in [-0.15, -0.1) is 0 Å². The van der Waals surface area contributed by atoms with Crippen LogP contribution in [0.15, 0.2) is 34.9 Å². The second-order valence-corrected chi connectivity index (χ2v) is 9.77. The molecule has 32 heavy (non-hydrogen) atoms. The van der Waals surface area contributed by atoms with Crippen LogP contribution in [0.2, 0.25) is 0 Å². The van der Waals surface area contributed by atoms with E-state index in [4.69, 9.17) is 29.4 Å². The van der Waals surface area contributed by atoms with Crippen molar-refractivity contribution in [1.82, 2.24) is 0 Å². The summed E-state index contributed by atoms with van der Waals surface area (Å²) in [7, 11) is -0.334. The predicted octanol–water partition coefficient (Wildman–Crippen LogP) is 4.20. The van der Waals surface area contributed by atoms with Crippen LogP contribution in [0.25, 0.3) is 11.0 Å². The maximum absolute atomic E-state index is 10.6. The van der Waals surface area contributed by atoms with E-state index in [1.54, 1.807) is 0 Å². The summed E-state index contributed by atoms with van der Waals surface area (Å²) < 4.78 is 50.2. The average molecular weight is 453 g/mol. The van der Waals surface area contributed by atoms with Gasteiger partial charge in [0, 0.05) is 11.3 Å². The Morgan fingerprint density at radius 3 is 2.56 bits per heavy atom. The maximum Gasteiger partial charge on any atom is 0.490 e. The number of hydrogen-bond acceptors (Lipinski definition) is 5. The quantitative estimate of drug-likeness (QED) is 0.677. The minimum absolute atomic E-state index is 0.182. The molecule has 0 spiro atoms. The van der Waals surface area contributed by atoms with Crippen molar-refractivity contribution >= 4 is 24.1 Å². The van der Waals surface area contributed by atoms with E-state index in [1.807, 2.05) is 24.5 Å². The zero-order chi connectivity index (χ0) is 23.5. The number of furan rings is 1. The Morgan fingerprint density at radius 1 is 1.28 bits per heavy atom. The summed E-state index contributed by atoms with van der Waals surface area (Å²) in [5, 5.41) is 8.25. The van der Waals surface area contributed by atoms with Gasteiger partial charge in [-0.3, -0.25) is 0 Å². The summed E-state index contributed by atoms with van der Waals surface area (Å²) in [5.41, 5.74) is 8.70. The molecular weight excluding hydrogens is 426 g/mol. The average Bonchev–Trinajstić information content (AvgIpc) is 3.28. The van der Waals surface area contributed by atoms with E-state index in [1.165, 1.54) is 6.42 Å². The van der Waals surface area contributed by atoms with Gasteiger partial charge in [-0.2, -0.15) is 13.2 Å². The lowest BCUT2D eigenvalue weighted by atomic mass is 9.43. The van der Waals surface area contributed by atoms with E-state index in [0.717, 1.165) is 28.9 Å². The highest BCUT2D eigenvalue weighted by molar-refractivity contribution is 6.47. The zero-order valence-electron chi connectivity index (χ0n) is 18.2. The largest absolute Gasteiger partial charge is 0.490 e. The lowest BCUT2D eigenvalue weighted by Crippen LogP contribution is -2.65. The molecule has 0 radical (unpaired) electrons. The molecule has 3 N–H and O–H groups in total. The molecule has 2 bridgehead atoms. The lowest BCUT2D eigenvalue weighted by molar-refractivity contribution is -0.199. The van der Waals surface area contributed by atoms with Gasteiger partial charge in [0.1, 0.15) is 5.58 Å². The van der Waals surface area contributed by atoms with Crippen LogP contribution in [0.5, 0.6) is 0 Å². The van der Waals surface area contributed by atoms with E-state index in [0.29, 0.717) is 17.8 Å². The number of rotatable bonds is 3. The minimum Gasteiger partial charge on any atom is -0.475 e. The van der Waals surface area contributed by atoms with Gasteiger partial charge in [0.2, 0.25) is 0 Å². The monoisotopic (exact) mass is 453 g/mol. The number of nitrogens with two attached hydrogens (primary N) is 1. The van der Waals surface area contributed by atoms with Gasteiger partial charge in [-0.25, -0.2) is 4.79 Å². The van der Waals surface area contributed by atoms with Crippen LogP contribution in [-0.4, -0.2) is 42.0 Å². The molecule has 10 heteroatoms. The number of para-hydroxylation sites is 1. The highest BCUT2D eigenvalue weighted by Crippen LogP contribution is 2.65. The molecule has 2 heterocycles. The van der Waals surface area contributed by atoms with Crippen LogP contribution >= 0.6 is 0 Å². The normalized spacial score (nSPS) is 31.3. The fourth-order valence-electron chi connectivity index (χ4n) is 5.62. The number of benzene rings is 1. The minimum atomic E-state index is -5.08. The number of carbonyl (C=O) groups is 1. The van der Waals surface area contributed by atoms with E-state index >= 15 is 0 Å². The van der Waals surface area contributed by atoms with Crippen molar-refractivity contribution in [2.24, 2.45) is 23.0 Å².